The fourth-order valence-corrected chi connectivity index (χ4v) is 4.03. The van der Waals surface area contributed by atoms with Crippen LogP contribution < -0.4 is 0 Å². The Morgan fingerprint density at radius 2 is 2.15 bits per heavy atom. The smallest absolute Gasteiger partial charge is 0.340 e. The summed E-state index contributed by atoms with van der Waals surface area (Å²) >= 11 is 0. The molecule has 0 saturated heterocycles. The molecule has 1 aromatic heterocycles. The van der Waals surface area contributed by atoms with Gasteiger partial charge in [-0.25, -0.2) is 9.18 Å². The van der Waals surface area contributed by atoms with Crippen molar-refractivity contribution >= 4 is 5.97 Å². The molecule has 3 rings (SSSR count). The Morgan fingerprint density at radius 1 is 1.40 bits per heavy atom. The first kappa shape index (κ1) is 13.5. The molecule has 2 fully saturated rings. The third-order valence-electron chi connectivity index (χ3n) is 5.90. The van der Waals surface area contributed by atoms with E-state index in [2.05, 4.69) is 25.8 Å². The van der Waals surface area contributed by atoms with E-state index in [4.69, 9.17) is 4.74 Å². The zero-order valence-corrected chi connectivity index (χ0v) is 12.1. The fourth-order valence-electron chi connectivity index (χ4n) is 4.03. The highest BCUT2D eigenvalue weighted by Crippen LogP contribution is 2.66. The maximum atomic E-state index is 13.1. The van der Waals surface area contributed by atoms with Crippen molar-refractivity contribution in [3.63, 3.8) is 0 Å². The molecular weight excluding hydrogens is 257 g/mol. The minimum absolute atomic E-state index is 0.0219. The van der Waals surface area contributed by atoms with Crippen LogP contribution in [0.5, 0.6) is 0 Å². The lowest BCUT2D eigenvalue weighted by Crippen LogP contribution is -2.38. The summed E-state index contributed by atoms with van der Waals surface area (Å²) in [7, 11) is 0. The first-order chi connectivity index (χ1) is 9.34. The normalized spacial score (nSPS) is 34.2. The van der Waals surface area contributed by atoms with Crippen LogP contribution in [0.15, 0.2) is 18.5 Å². The van der Waals surface area contributed by atoms with Crippen LogP contribution in [0.4, 0.5) is 4.39 Å². The van der Waals surface area contributed by atoms with Gasteiger partial charge in [-0.2, -0.15) is 0 Å². The van der Waals surface area contributed by atoms with Crippen molar-refractivity contribution in [3.05, 3.63) is 29.8 Å². The average molecular weight is 277 g/mol. The summed E-state index contributed by atoms with van der Waals surface area (Å²) in [5.74, 6) is -0.374. The predicted octanol–water partition coefficient (Wildman–Crippen LogP) is 3.59. The van der Waals surface area contributed by atoms with E-state index in [1.807, 2.05) is 0 Å². The van der Waals surface area contributed by atoms with E-state index < -0.39 is 11.8 Å². The molecule has 4 heteroatoms. The van der Waals surface area contributed by atoms with Gasteiger partial charge in [0.1, 0.15) is 11.9 Å². The Kier molecular flexibility index (Phi) is 2.89. The van der Waals surface area contributed by atoms with Crippen LogP contribution in [0.25, 0.3) is 0 Å². The van der Waals surface area contributed by atoms with Gasteiger partial charge in [-0.15, -0.1) is 0 Å². The molecule has 2 saturated carbocycles. The van der Waals surface area contributed by atoms with Gasteiger partial charge in [0.25, 0.3) is 0 Å². The van der Waals surface area contributed by atoms with Crippen molar-refractivity contribution in [3.8, 4) is 0 Å². The maximum Gasteiger partial charge on any atom is 0.340 e. The summed E-state index contributed by atoms with van der Waals surface area (Å²) < 4.78 is 18.8. The van der Waals surface area contributed by atoms with Crippen LogP contribution in [0, 0.1) is 22.6 Å². The SMILES string of the molecule is CC1(C)C2CCC1(C)C(OC(=O)c1cncc(F)c1)C2. The summed E-state index contributed by atoms with van der Waals surface area (Å²) in [5.41, 5.74) is 0.404. The Morgan fingerprint density at radius 3 is 2.70 bits per heavy atom. The van der Waals surface area contributed by atoms with Crippen LogP contribution in [-0.2, 0) is 4.74 Å². The lowest BCUT2D eigenvalue weighted by molar-refractivity contribution is -0.0243. The highest BCUT2D eigenvalue weighted by Gasteiger charge is 2.62. The minimum Gasteiger partial charge on any atom is -0.458 e. The molecule has 108 valence electrons. The predicted molar refractivity (Wildman–Crippen MR) is 72.6 cm³/mol. The van der Waals surface area contributed by atoms with Gasteiger partial charge in [-0.05, 0) is 36.7 Å². The Labute approximate surface area is 118 Å². The zero-order chi connectivity index (χ0) is 14.5. The quantitative estimate of drug-likeness (QED) is 0.775. The first-order valence-electron chi connectivity index (χ1n) is 7.16. The van der Waals surface area contributed by atoms with Crippen LogP contribution in [0.3, 0.4) is 0 Å². The van der Waals surface area contributed by atoms with Crippen molar-refractivity contribution in [1.29, 1.82) is 0 Å². The molecule has 0 amide bonds. The number of esters is 1. The third-order valence-corrected chi connectivity index (χ3v) is 5.90. The second-order valence-corrected chi connectivity index (χ2v) is 6.90. The number of pyridine rings is 1. The number of hydrogen-bond donors (Lipinski definition) is 0. The van der Waals surface area contributed by atoms with E-state index >= 15 is 0 Å². The van der Waals surface area contributed by atoms with Crippen molar-refractivity contribution in [2.45, 2.75) is 46.1 Å². The van der Waals surface area contributed by atoms with Crippen molar-refractivity contribution < 1.29 is 13.9 Å². The van der Waals surface area contributed by atoms with Crippen molar-refractivity contribution in [2.24, 2.45) is 16.7 Å². The van der Waals surface area contributed by atoms with Crippen LogP contribution in [-0.4, -0.2) is 17.1 Å². The Balaban J connectivity index is 1.78. The molecular formula is C16H20FNO2. The number of rotatable bonds is 2. The van der Waals surface area contributed by atoms with Crippen LogP contribution >= 0.6 is 0 Å². The zero-order valence-electron chi connectivity index (χ0n) is 12.1. The number of carbonyl (C=O) groups excluding carboxylic acids is 1. The molecule has 0 spiro atoms. The van der Waals surface area contributed by atoms with Gasteiger partial charge in [0.05, 0.1) is 11.8 Å². The first-order valence-corrected chi connectivity index (χ1v) is 7.16. The van der Waals surface area contributed by atoms with Crippen molar-refractivity contribution in [1.82, 2.24) is 4.98 Å². The largest absolute Gasteiger partial charge is 0.458 e. The second-order valence-electron chi connectivity index (χ2n) is 6.90. The molecule has 2 bridgehead atoms. The monoisotopic (exact) mass is 277 g/mol. The number of nitrogens with zero attached hydrogens (tertiary/aromatic N) is 1. The number of hydrogen-bond acceptors (Lipinski definition) is 3. The molecule has 1 aromatic rings. The number of halogens is 1. The van der Waals surface area contributed by atoms with E-state index in [1.54, 1.807) is 0 Å². The Hall–Kier alpha value is -1.45. The van der Waals surface area contributed by atoms with E-state index in [0.717, 1.165) is 19.0 Å². The van der Waals surface area contributed by atoms with Gasteiger partial charge >= 0.3 is 5.97 Å². The molecule has 0 radical (unpaired) electrons. The summed E-state index contributed by atoms with van der Waals surface area (Å²) in [4.78, 5) is 15.9. The summed E-state index contributed by atoms with van der Waals surface area (Å²) in [6.45, 7) is 6.74. The fraction of sp³-hybridized carbons (Fsp3) is 0.625. The van der Waals surface area contributed by atoms with E-state index in [1.165, 1.54) is 18.7 Å². The molecule has 3 atom stereocenters. The molecule has 2 aliphatic carbocycles. The summed E-state index contributed by atoms with van der Waals surface area (Å²) in [5, 5.41) is 0. The van der Waals surface area contributed by atoms with Gasteiger partial charge in [-0.3, -0.25) is 4.98 Å². The van der Waals surface area contributed by atoms with E-state index in [9.17, 15) is 9.18 Å². The minimum atomic E-state index is -0.515. The maximum absolute atomic E-state index is 13.1. The molecule has 1 heterocycles. The Bertz CT molecular complexity index is 557. The van der Waals surface area contributed by atoms with E-state index in [0.29, 0.717) is 5.92 Å². The number of aromatic nitrogens is 1. The van der Waals surface area contributed by atoms with Crippen molar-refractivity contribution in [2.75, 3.05) is 0 Å². The molecule has 0 aromatic carbocycles. The number of fused-ring (bicyclic) bond motifs is 2. The molecule has 0 aliphatic heterocycles. The van der Waals surface area contributed by atoms with Gasteiger partial charge in [0.2, 0.25) is 0 Å². The standard InChI is InChI=1S/C16H20FNO2/c1-15(2)11-4-5-16(15,3)13(7-11)20-14(19)10-6-12(17)9-18-8-10/h6,8-9,11,13H,4-5,7H2,1-3H3. The molecule has 2 aliphatic rings. The van der Waals surface area contributed by atoms with Gasteiger partial charge in [0.15, 0.2) is 0 Å². The van der Waals surface area contributed by atoms with E-state index in [-0.39, 0.29) is 22.5 Å². The summed E-state index contributed by atoms with van der Waals surface area (Å²) in [6.07, 6.45) is 5.57. The second kappa shape index (κ2) is 4.27. The molecule has 3 unspecified atom stereocenters. The number of ether oxygens (including phenoxy) is 1. The van der Waals surface area contributed by atoms with Gasteiger partial charge < -0.3 is 4.74 Å². The molecule has 3 nitrogen and oxygen atoms in total. The lowest BCUT2D eigenvalue weighted by Gasteiger charge is -2.38. The topological polar surface area (TPSA) is 39.2 Å². The van der Waals surface area contributed by atoms with Crippen LogP contribution in [0.2, 0.25) is 0 Å². The van der Waals surface area contributed by atoms with Crippen LogP contribution in [0.1, 0.15) is 50.4 Å². The number of carbonyl (C=O) groups is 1. The third kappa shape index (κ3) is 1.77. The molecule has 20 heavy (non-hydrogen) atoms. The average Bonchev–Trinajstić information content (AvgIpc) is 2.72. The van der Waals surface area contributed by atoms with Gasteiger partial charge in [0, 0.05) is 11.6 Å². The highest BCUT2D eigenvalue weighted by atomic mass is 19.1. The summed E-state index contributed by atoms with van der Waals surface area (Å²) in [6, 6.07) is 1.18. The lowest BCUT2D eigenvalue weighted by atomic mass is 9.70. The molecule has 0 N–H and O–H groups in total. The van der Waals surface area contributed by atoms with Gasteiger partial charge in [-0.1, -0.05) is 20.8 Å². The highest BCUT2D eigenvalue weighted by molar-refractivity contribution is 5.89.